The standard InChI is InChI=1S/C17H30N6/c1-5-14-15(6-2)19-20-16(18-14)23-9-7-17(8-10-23)13-21(3)11-12-22(17)4/h5-13H2,1-4H3. The van der Waals surface area contributed by atoms with Gasteiger partial charge in [0, 0.05) is 38.3 Å². The molecule has 2 saturated heterocycles. The van der Waals surface area contributed by atoms with E-state index < -0.39 is 0 Å². The maximum absolute atomic E-state index is 4.78. The fourth-order valence-corrected chi connectivity index (χ4v) is 3.99. The topological polar surface area (TPSA) is 48.4 Å². The Labute approximate surface area is 139 Å². The van der Waals surface area contributed by atoms with Gasteiger partial charge in [-0.05, 0) is 39.8 Å². The van der Waals surface area contributed by atoms with Crippen molar-refractivity contribution in [3.05, 3.63) is 11.4 Å². The van der Waals surface area contributed by atoms with Gasteiger partial charge in [0.2, 0.25) is 5.95 Å². The van der Waals surface area contributed by atoms with Crippen LogP contribution >= 0.6 is 0 Å². The lowest BCUT2D eigenvalue weighted by molar-refractivity contribution is 0.00925. The van der Waals surface area contributed by atoms with E-state index in [9.17, 15) is 0 Å². The van der Waals surface area contributed by atoms with E-state index >= 15 is 0 Å². The Balaban J connectivity index is 1.71. The van der Waals surface area contributed by atoms with E-state index in [2.05, 4.69) is 52.8 Å². The first-order valence-corrected chi connectivity index (χ1v) is 8.95. The molecule has 0 radical (unpaired) electrons. The molecular weight excluding hydrogens is 288 g/mol. The summed E-state index contributed by atoms with van der Waals surface area (Å²) in [4.78, 5) is 12.1. The summed E-state index contributed by atoms with van der Waals surface area (Å²) in [7, 11) is 4.52. The van der Waals surface area contributed by atoms with E-state index in [-0.39, 0.29) is 0 Å². The van der Waals surface area contributed by atoms with Gasteiger partial charge >= 0.3 is 0 Å². The Morgan fingerprint density at radius 3 is 2.26 bits per heavy atom. The number of rotatable bonds is 3. The number of piperidine rings is 1. The van der Waals surface area contributed by atoms with Gasteiger partial charge < -0.3 is 9.80 Å². The van der Waals surface area contributed by atoms with Crippen LogP contribution < -0.4 is 4.90 Å². The second-order valence-corrected chi connectivity index (χ2v) is 7.08. The van der Waals surface area contributed by atoms with Crippen LogP contribution in [0.25, 0.3) is 0 Å². The van der Waals surface area contributed by atoms with E-state index in [0.717, 1.165) is 43.3 Å². The molecule has 2 aliphatic heterocycles. The third-order valence-corrected chi connectivity index (χ3v) is 5.67. The highest BCUT2D eigenvalue weighted by molar-refractivity contribution is 5.32. The summed E-state index contributed by atoms with van der Waals surface area (Å²) in [5, 5.41) is 8.79. The number of nitrogens with zero attached hydrogens (tertiary/aromatic N) is 6. The van der Waals surface area contributed by atoms with E-state index in [1.165, 1.54) is 32.5 Å². The summed E-state index contributed by atoms with van der Waals surface area (Å²) >= 11 is 0. The molecule has 0 saturated carbocycles. The number of hydrogen-bond acceptors (Lipinski definition) is 6. The summed E-state index contributed by atoms with van der Waals surface area (Å²) in [6.07, 6.45) is 4.18. The van der Waals surface area contributed by atoms with Gasteiger partial charge in [0.1, 0.15) is 0 Å². The maximum atomic E-state index is 4.78. The summed E-state index contributed by atoms with van der Waals surface area (Å²) < 4.78 is 0. The Hall–Kier alpha value is -1.27. The van der Waals surface area contributed by atoms with Crippen molar-refractivity contribution in [2.24, 2.45) is 0 Å². The fraction of sp³-hybridized carbons (Fsp3) is 0.824. The third kappa shape index (κ3) is 3.19. The zero-order chi connectivity index (χ0) is 16.4. The van der Waals surface area contributed by atoms with Crippen molar-refractivity contribution in [3.63, 3.8) is 0 Å². The molecule has 0 N–H and O–H groups in total. The van der Waals surface area contributed by atoms with Crippen LogP contribution in [0.4, 0.5) is 5.95 Å². The van der Waals surface area contributed by atoms with Crippen molar-refractivity contribution in [2.45, 2.75) is 45.1 Å². The molecule has 23 heavy (non-hydrogen) atoms. The maximum Gasteiger partial charge on any atom is 0.245 e. The molecule has 0 amide bonds. The molecule has 3 rings (SSSR count). The number of anilines is 1. The van der Waals surface area contributed by atoms with Gasteiger partial charge in [-0.1, -0.05) is 13.8 Å². The number of piperazine rings is 1. The second-order valence-electron chi connectivity index (χ2n) is 7.08. The Kier molecular flexibility index (Phi) is 4.82. The van der Waals surface area contributed by atoms with Crippen LogP contribution in [0.3, 0.4) is 0 Å². The van der Waals surface area contributed by atoms with Crippen LogP contribution in [0, 0.1) is 0 Å². The molecule has 128 valence electrons. The van der Waals surface area contributed by atoms with E-state index in [1.54, 1.807) is 0 Å². The minimum atomic E-state index is 0.327. The van der Waals surface area contributed by atoms with Crippen molar-refractivity contribution in [2.75, 3.05) is 51.7 Å². The Morgan fingerprint density at radius 2 is 1.61 bits per heavy atom. The molecule has 0 aromatic carbocycles. The average Bonchev–Trinajstić information content (AvgIpc) is 2.58. The highest BCUT2D eigenvalue weighted by atomic mass is 15.4. The highest BCUT2D eigenvalue weighted by Gasteiger charge is 2.41. The van der Waals surface area contributed by atoms with E-state index in [0.29, 0.717) is 5.54 Å². The zero-order valence-electron chi connectivity index (χ0n) is 15.0. The monoisotopic (exact) mass is 318 g/mol. The van der Waals surface area contributed by atoms with Crippen LogP contribution in [0.15, 0.2) is 0 Å². The van der Waals surface area contributed by atoms with Gasteiger partial charge in [0.15, 0.2) is 0 Å². The summed E-state index contributed by atoms with van der Waals surface area (Å²) in [5.74, 6) is 0.820. The van der Waals surface area contributed by atoms with Crippen LogP contribution in [0.2, 0.25) is 0 Å². The number of likely N-dealkylation sites (N-methyl/N-ethyl adjacent to an activating group) is 2. The molecule has 1 aromatic heterocycles. The third-order valence-electron chi connectivity index (χ3n) is 5.67. The lowest BCUT2D eigenvalue weighted by Crippen LogP contribution is -2.63. The predicted molar refractivity (Wildman–Crippen MR) is 92.9 cm³/mol. The first-order chi connectivity index (χ1) is 11.1. The van der Waals surface area contributed by atoms with Gasteiger partial charge in [0.05, 0.1) is 11.4 Å². The van der Waals surface area contributed by atoms with Crippen LogP contribution in [-0.4, -0.2) is 77.3 Å². The molecule has 0 aliphatic carbocycles. The minimum absolute atomic E-state index is 0.327. The van der Waals surface area contributed by atoms with Crippen molar-refractivity contribution < 1.29 is 0 Å². The van der Waals surface area contributed by atoms with Crippen molar-refractivity contribution in [3.8, 4) is 0 Å². The van der Waals surface area contributed by atoms with Crippen LogP contribution in [0.5, 0.6) is 0 Å². The molecule has 0 unspecified atom stereocenters. The van der Waals surface area contributed by atoms with Crippen molar-refractivity contribution in [1.82, 2.24) is 25.0 Å². The molecule has 0 bridgehead atoms. The first-order valence-electron chi connectivity index (χ1n) is 8.95. The van der Waals surface area contributed by atoms with Crippen LogP contribution in [0.1, 0.15) is 38.1 Å². The van der Waals surface area contributed by atoms with Gasteiger partial charge in [0.25, 0.3) is 0 Å². The lowest BCUT2D eigenvalue weighted by Gasteiger charge is -2.52. The number of aryl methyl sites for hydroxylation is 2. The van der Waals surface area contributed by atoms with Gasteiger partial charge in [-0.3, -0.25) is 4.90 Å². The SMILES string of the molecule is CCc1nnc(N2CCC3(CC2)CN(C)CCN3C)nc1CC. The van der Waals surface area contributed by atoms with Crippen molar-refractivity contribution in [1.29, 1.82) is 0 Å². The summed E-state index contributed by atoms with van der Waals surface area (Å²) in [6.45, 7) is 9.82. The normalized spacial score (nSPS) is 22.7. The molecule has 6 heteroatoms. The van der Waals surface area contributed by atoms with E-state index in [4.69, 9.17) is 4.98 Å². The van der Waals surface area contributed by atoms with Crippen molar-refractivity contribution >= 4 is 5.95 Å². The largest absolute Gasteiger partial charge is 0.339 e. The summed E-state index contributed by atoms with van der Waals surface area (Å²) in [6, 6.07) is 0. The summed E-state index contributed by atoms with van der Waals surface area (Å²) in [5.41, 5.74) is 2.47. The molecule has 0 atom stereocenters. The molecule has 2 fully saturated rings. The predicted octanol–water partition coefficient (Wildman–Crippen LogP) is 1.21. The molecule has 1 aromatic rings. The smallest absolute Gasteiger partial charge is 0.245 e. The van der Waals surface area contributed by atoms with Gasteiger partial charge in [-0.15, -0.1) is 5.10 Å². The molecule has 1 spiro atoms. The number of hydrogen-bond donors (Lipinski definition) is 0. The average molecular weight is 318 g/mol. The quantitative estimate of drug-likeness (QED) is 0.835. The van der Waals surface area contributed by atoms with Gasteiger partial charge in [-0.25, -0.2) is 4.98 Å². The minimum Gasteiger partial charge on any atom is -0.339 e. The van der Waals surface area contributed by atoms with Crippen LogP contribution in [-0.2, 0) is 12.8 Å². The molecule has 2 aliphatic rings. The number of aromatic nitrogens is 3. The Bertz CT molecular complexity index is 538. The molecule has 3 heterocycles. The molecular formula is C17H30N6. The molecule has 6 nitrogen and oxygen atoms in total. The van der Waals surface area contributed by atoms with E-state index in [1.807, 2.05) is 0 Å². The Morgan fingerprint density at radius 1 is 0.913 bits per heavy atom. The first kappa shape index (κ1) is 16.6. The fourth-order valence-electron chi connectivity index (χ4n) is 3.99. The lowest BCUT2D eigenvalue weighted by atomic mass is 9.84. The van der Waals surface area contributed by atoms with Gasteiger partial charge in [-0.2, -0.15) is 5.10 Å². The zero-order valence-corrected chi connectivity index (χ0v) is 15.0. The highest BCUT2D eigenvalue weighted by Crippen LogP contribution is 2.32. The second kappa shape index (κ2) is 6.69.